The van der Waals surface area contributed by atoms with Crippen LogP contribution in [0.15, 0.2) is 18.2 Å². The molecular formula is C13H16O3. The Kier molecular flexibility index (Phi) is 3.68. The van der Waals surface area contributed by atoms with Crippen LogP contribution in [0, 0.1) is 12.3 Å². The second-order valence-electron chi connectivity index (χ2n) is 3.77. The molecule has 0 bridgehead atoms. The zero-order valence-electron chi connectivity index (χ0n) is 10.0. The second-order valence-corrected chi connectivity index (χ2v) is 3.77. The average molecular weight is 220 g/mol. The fraction of sp³-hybridized carbons (Fsp3) is 0.385. The summed E-state index contributed by atoms with van der Waals surface area (Å²) in [5.41, 5.74) is -0.639. The van der Waals surface area contributed by atoms with Crippen LogP contribution in [-0.2, 0) is 0 Å². The van der Waals surface area contributed by atoms with Gasteiger partial charge in [0.1, 0.15) is 5.75 Å². The van der Waals surface area contributed by atoms with Crippen molar-refractivity contribution in [2.24, 2.45) is 0 Å². The van der Waals surface area contributed by atoms with Crippen molar-refractivity contribution in [3.8, 4) is 29.6 Å². The summed E-state index contributed by atoms with van der Waals surface area (Å²) in [7, 11) is 3.16. The van der Waals surface area contributed by atoms with Crippen molar-refractivity contribution in [1.29, 1.82) is 0 Å². The lowest BCUT2D eigenvalue weighted by atomic mass is 10.1. The molecule has 86 valence electrons. The van der Waals surface area contributed by atoms with Crippen LogP contribution in [0.5, 0.6) is 17.2 Å². The van der Waals surface area contributed by atoms with E-state index in [1.165, 1.54) is 0 Å². The third-order valence-corrected chi connectivity index (χ3v) is 2.08. The molecule has 0 N–H and O–H groups in total. The van der Waals surface area contributed by atoms with Crippen LogP contribution >= 0.6 is 0 Å². The zero-order chi connectivity index (χ0) is 12.2. The number of methoxy groups -OCH3 is 2. The number of terminal acetylenes is 1. The Hall–Kier alpha value is -1.82. The van der Waals surface area contributed by atoms with E-state index < -0.39 is 5.60 Å². The molecule has 0 fully saturated rings. The van der Waals surface area contributed by atoms with Crippen LogP contribution in [0.2, 0.25) is 0 Å². The van der Waals surface area contributed by atoms with E-state index in [1.807, 2.05) is 13.8 Å². The molecule has 0 saturated carbocycles. The first-order valence-electron chi connectivity index (χ1n) is 4.91. The van der Waals surface area contributed by atoms with Gasteiger partial charge in [0, 0.05) is 6.07 Å². The molecule has 0 unspecified atom stereocenters. The Morgan fingerprint density at radius 1 is 1.12 bits per heavy atom. The monoisotopic (exact) mass is 220 g/mol. The number of hydrogen-bond donors (Lipinski definition) is 0. The lowest BCUT2D eigenvalue weighted by molar-refractivity contribution is 0.171. The van der Waals surface area contributed by atoms with E-state index in [2.05, 4.69) is 5.92 Å². The summed E-state index contributed by atoms with van der Waals surface area (Å²) in [6, 6.07) is 5.32. The van der Waals surface area contributed by atoms with Crippen LogP contribution in [0.3, 0.4) is 0 Å². The van der Waals surface area contributed by atoms with Gasteiger partial charge in [0.2, 0.25) is 0 Å². The van der Waals surface area contributed by atoms with Crippen LogP contribution in [-0.4, -0.2) is 19.8 Å². The highest BCUT2D eigenvalue weighted by molar-refractivity contribution is 5.45. The van der Waals surface area contributed by atoms with Crippen molar-refractivity contribution in [3.05, 3.63) is 18.2 Å². The molecule has 16 heavy (non-hydrogen) atoms. The third kappa shape index (κ3) is 2.83. The maximum atomic E-state index is 5.62. The summed E-state index contributed by atoms with van der Waals surface area (Å²) in [5.74, 6) is 4.49. The topological polar surface area (TPSA) is 27.7 Å². The largest absolute Gasteiger partial charge is 0.493 e. The standard InChI is InChI=1S/C13H16O3/c1-6-13(2,3)16-10-7-8-11(14-4)12(9-10)15-5/h1,7-9H,2-5H3. The lowest BCUT2D eigenvalue weighted by Gasteiger charge is -2.20. The maximum absolute atomic E-state index is 5.62. The highest BCUT2D eigenvalue weighted by Gasteiger charge is 2.16. The Morgan fingerprint density at radius 2 is 1.75 bits per heavy atom. The second kappa shape index (κ2) is 4.80. The van der Waals surface area contributed by atoms with Crippen LogP contribution in [0.1, 0.15) is 13.8 Å². The summed E-state index contributed by atoms with van der Waals surface area (Å²) in [6.45, 7) is 3.65. The maximum Gasteiger partial charge on any atom is 0.164 e. The van der Waals surface area contributed by atoms with Gasteiger partial charge in [-0.15, -0.1) is 6.42 Å². The molecule has 0 radical (unpaired) electrons. The van der Waals surface area contributed by atoms with Crippen molar-refractivity contribution in [3.63, 3.8) is 0 Å². The highest BCUT2D eigenvalue weighted by atomic mass is 16.5. The number of rotatable bonds is 4. The van der Waals surface area contributed by atoms with Crippen molar-refractivity contribution in [1.82, 2.24) is 0 Å². The van der Waals surface area contributed by atoms with Crippen molar-refractivity contribution in [2.45, 2.75) is 19.4 Å². The van der Waals surface area contributed by atoms with Gasteiger partial charge in [-0.3, -0.25) is 0 Å². The van der Waals surface area contributed by atoms with E-state index in [0.29, 0.717) is 17.2 Å². The van der Waals surface area contributed by atoms with Gasteiger partial charge in [-0.2, -0.15) is 0 Å². The van der Waals surface area contributed by atoms with Gasteiger partial charge in [-0.05, 0) is 26.0 Å². The SMILES string of the molecule is C#CC(C)(C)Oc1ccc(OC)c(OC)c1. The van der Waals surface area contributed by atoms with E-state index in [4.69, 9.17) is 20.6 Å². The van der Waals surface area contributed by atoms with Crippen molar-refractivity contribution in [2.75, 3.05) is 14.2 Å². The van der Waals surface area contributed by atoms with E-state index in [0.717, 1.165) is 0 Å². The zero-order valence-corrected chi connectivity index (χ0v) is 10.0. The summed E-state index contributed by atoms with van der Waals surface area (Å²) in [4.78, 5) is 0. The summed E-state index contributed by atoms with van der Waals surface area (Å²) < 4.78 is 15.9. The quantitative estimate of drug-likeness (QED) is 0.730. The average Bonchev–Trinajstić information content (AvgIpc) is 2.28. The normalized spacial score (nSPS) is 10.4. The van der Waals surface area contributed by atoms with Gasteiger partial charge in [0.25, 0.3) is 0 Å². The molecule has 0 aliphatic carbocycles. The summed E-state index contributed by atoms with van der Waals surface area (Å²) in [6.07, 6.45) is 5.35. The van der Waals surface area contributed by atoms with Gasteiger partial charge in [-0.1, -0.05) is 5.92 Å². The Morgan fingerprint density at radius 3 is 2.25 bits per heavy atom. The number of hydrogen-bond acceptors (Lipinski definition) is 3. The minimum Gasteiger partial charge on any atom is -0.493 e. The fourth-order valence-corrected chi connectivity index (χ4v) is 1.20. The van der Waals surface area contributed by atoms with Gasteiger partial charge in [-0.25, -0.2) is 0 Å². The number of ether oxygens (including phenoxy) is 3. The van der Waals surface area contributed by atoms with E-state index in [1.54, 1.807) is 32.4 Å². The van der Waals surface area contributed by atoms with Crippen molar-refractivity contribution >= 4 is 0 Å². The van der Waals surface area contributed by atoms with E-state index >= 15 is 0 Å². The minimum absolute atomic E-state index is 0.618. The fourth-order valence-electron chi connectivity index (χ4n) is 1.20. The van der Waals surface area contributed by atoms with Crippen LogP contribution in [0.4, 0.5) is 0 Å². The molecule has 0 spiro atoms. The molecule has 0 amide bonds. The van der Waals surface area contributed by atoms with Crippen LogP contribution < -0.4 is 14.2 Å². The molecule has 0 aromatic heterocycles. The Balaban J connectivity index is 2.97. The Bertz CT molecular complexity index is 402. The van der Waals surface area contributed by atoms with E-state index in [9.17, 15) is 0 Å². The first kappa shape index (κ1) is 12.3. The van der Waals surface area contributed by atoms with Gasteiger partial charge in [0.15, 0.2) is 17.1 Å². The van der Waals surface area contributed by atoms with Crippen molar-refractivity contribution < 1.29 is 14.2 Å². The molecule has 0 saturated heterocycles. The van der Waals surface area contributed by atoms with Gasteiger partial charge >= 0.3 is 0 Å². The molecule has 0 aliphatic rings. The molecule has 1 aromatic rings. The smallest absolute Gasteiger partial charge is 0.164 e. The van der Waals surface area contributed by atoms with Gasteiger partial charge in [0.05, 0.1) is 14.2 Å². The Labute approximate surface area is 96.3 Å². The molecule has 1 aromatic carbocycles. The van der Waals surface area contributed by atoms with Gasteiger partial charge < -0.3 is 14.2 Å². The molecule has 0 heterocycles. The van der Waals surface area contributed by atoms with Crippen LogP contribution in [0.25, 0.3) is 0 Å². The summed E-state index contributed by atoms with van der Waals surface area (Å²) >= 11 is 0. The van der Waals surface area contributed by atoms with E-state index in [-0.39, 0.29) is 0 Å². The molecule has 3 heteroatoms. The first-order chi connectivity index (χ1) is 7.52. The minimum atomic E-state index is -0.639. The predicted molar refractivity (Wildman–Crippen MR) is 63.1 cm³/mol. The highest BCUT2D eigenvalue weighted by Crippen LogP contribution is 2.32. The summed E-state index contributed by atoms with van der Waals surface area (Å²) in [5, 5.41) is 0. The number of benzene rings is 1. The molecular weight excluding hydrogens is 204 g/mol. The third-order valence-electron chi connectivity index (χ3n) is 2.08. The lowest BCUT2D eigenvalue weighted by Crippen LogP contribution is -2.25. The molecule has 3 nitrogen and oxygen atoms in total. The first-order valence-corrected chi connectivity index (χ1v) is 4.91. The molecule has 0 atom stereocenters. The predicted octanol–water partition coefficient (Wildman–Crippen LogP) is 2.49. The molecule has 0 aliphatic heterocycles. The molecule has 1 rings (SSSR count).